The molecule has 3 aromatic carbocycles. The van der Waals surface area contributed by atoms with Gasteiger partial charge >= 0.3 is 0 Å². The Balaban J connectivity index is 1.47. The summed E-state index contributed by atoms with van der Waals surface area (Å²) in [7, 11) is 0. The van der Waals surface area contributed by atoms with Crippen LogP contribution in [0.2, 0.25) is 0 Å². The predicted molar refractivity (Wildman–Crippen MR) is 150 cm³/mol. The molecule has 0 N–H and O–H groups in total. The van der Waals surface area contributed by atoms with E-state index in [1.54, 1.807) is 0 Å². The van der Waals surface area contributed by atoms with Crippen LogP contribution in [0, 0.1) is 12.7 Å². The third-order valence-electron chi connectivity index (χ3n) is 8.26. The van der Waals surface area contributed by atoms with Crippen molar-refractivity contribution < 1.29 is 13.5 Å². The fourth-order valence-corrected chi connectivity index (χ4v) is 6.42. The fourth-order valence-electron chi connectivity index (χ4n) is 6.42. The highest BCUT2D eigenvalue weighted by Crippen LogP contribution is 2.45. The third-order valence-corrected chi connectivity index (χ3v) is 8.26. The molecular formula is C35H29FN2+2. The Bertz CT molecular complexity index is 1720. The predicted octanol–water partition coefficient (Wildman–Crippen LogP) is 7.47. The van der Waals surface area contributed by atoms with Crippen LogP contribution in [0.1, 0.15) is 35.1 Å². The van der Waals surface area contributed by atoms with Gasteiger partial charge in [-0.25, -0.2) is 4.39 Å². The van der Waals surface area contributed by atoms with E-state index >= 15 is 0 Å². The minimum Gasteiger partial charge on any atom is -0.207 e. The summed E-state index contributed by atoms with van der Waals surface area (Å²) >= 11 is 0. The molecule has 0 aliphatic carbocycles. The lowest BCUT2D eigenvalue weighted by Crippen LogP contribution is -2.53. The van der Waals surface area contributed by atoms with Gasteiger partial charge in [0.15, 0.2) is 12.4 Å². The molecule has 2 nitrogen and oxygen atoms in total. The number of aryl methyl sites for hydroxylation is 2. The minimum atomic E-state index is -0.223. The van der Waals surface area contributed by atoms with Crippen LogP contribution in [0.5, 0.6) is 0 Å². The van der Waals surface area contributed by atoms with E-state index in [0.29, 0.717) is 5.92 Å². The van der Waals surface area contributed by atoms with E-state index in [-0.39, 0.29) is 11.9 Å². The van der Waals surface area contributed by atoms with E-state index in [2.05, 4.69) is 101 Å². The number of pyridine rings is 2. The first-order valence-electron chi connectivity index (χ1n) is 13.3. The zero-order valence-corrected chi connectivity index (χ0v) is 21.4. The van der Waals surface area contributed by atoms with Gasteiger partial charge in [0, 0.05) is 35.4 Å². The molecule has 2 aliphatic rings. The van der Waals surface area contributed by atoms with Crippen LogP contribution >= 0.6 is 0 Å². The Morgan fingerprint density at radius 3 is 2.37 bits per heavy atom. The molecule has 2 aromatic heterocycles. The quantitative estimate of drug-likeness (QED) is 0.213. The van der Waals surface area contributed by atoms with Crippen LogP contribution in [0.4, 0.5) is 4.39 Å². The molecule has 0 saturated heterocycles. The van der Waals surface area contributed by atoms with Gasteiger partial charge in [-0.3, -0.25) is 0 Å². The third kappa shape index (κ3) is 3.61. The van der Waals surface area contributed by atoms with Crippen molar-refractivity contribution in [2.24, 2.45) is 0 Å². The lowest BCUT2D eigenvalue weighted by atomic mass is 9.78. The molecule has 0 saturated carbocycles. The summed E-state index contributed by atoms with van der Waals surface area (Å²) in [6.07, 6.45) is 6.38. The zero-order valence-electron chi connectivity index (χ0n) is 21.4. The van der Waals surface area contributed by atoms with E-state index in [9.17, 15) is 4.39 Å². The van der Waals surface area contributed by atoms with E-state index in [1.165, 1.54) is 45.6 Å². The topological polar surface area (TPSA) is 7.76 Å². The van der Waals surface area contributed by atoms with Crippen LogP contribution in [0.15, 0.2) is 116 Å². The van der Waals surface area contributed by atoms with Crippen molar-refractivity contribution in [3.8, 4) is 33.6 Å². The fraction of sp³-hybridized carbons (Fsp3) is 0.143. The van der Waals surface area contributed by atoms with Crippen molar-refractivity contribution in [3.05, 3.63) is 139 Å². The Morgan fingerprint density at radius 2 is 1.53 bits per heavy atom. The number of hydrogen-bond acceptors (Lipinski definition) is 0. The summed E-state index contributed by atoms with van der Waals surface area (Å²) in [4.78, 5) is 0. The second kappa shape index (κ2) is 8.88. The minimum absolute atomic E-state index is 0.0789. The second-order valence-corrected chi connectivity index (χ2v) is 10.5. The van der Waals surface area contributed by atoms with Crippen molar-refractivity contribution >= 4 is 5.70 Å². The van der Waals surface area contributed by atoms with Crippen LogP contribution in [-0.4, -0.2) is 0 Å². The van der Waals surface area contributed by atoms with Gasteiger partial charge in [0.1, 0.15) is 5.82 Å². The number of benzene rings is 3. The molecule has 0 radical (unpaired) electrons. The van der Waals surface area contributed by atoms with Gasteiger partial charge in [0.05, 0.1) is 5.92 Å². The maximum atomic E-state index is 13.7. The summed E-state index contributed by atoms with van der Waals surface area (Å²) in [6.45, 7) is 6.91. The van der Waals surface area contributed by atoms with Gasteiger partial charge in [-0.2, -0.15) is 9.13 Å². The molecule has 7 rings (SSSR count). The standard InChI is InChI=1S/C35H29FN2/c1-23-17-19-38-33(21-23)31-10-6-5-9-30(31)32-16-13-26-7-3-4-8-29(26)34-22-27(25-11-14-28(36)15-12-25)18-20-37(34)24(2)35(32)38/h3-12,14-15,17-22,32,35H,2,13,16H2,1H3/q+2. The van der Waals surface area contributed by atoms with Crippen LogP contribution in [0.25, 0.3) is 39.3 Å². The monoisotopic (exact) mass is 496 g/mol. The normalized spacial score (nSPS) is 17.6. The Labute approximate surface area is 223 Å². The molecule has 5 aromatic rings. The number of aromatic nitrogens is 2. The number of nitrogens with zero attached hydrogens (tertiary/aromatic N) is 2. The van der Waals surface area contributed by atoms with Crippen molar-refractivity contribution in [2.75, 3.05) is 0 Å². The van der Waals surface area contributed by atoms with E-state index in [4.69, 9.17) is 6.58 Å². The van der Waals surface area contributed by atoms with Gasteiger partial charge in [-0.05, 0) is 78.4 Å². The maximum absolute atomic E-state index is 13.7. The zero-order chi connectivity index (χ0) is 25.8. The Kier molecular flexibility index (Phi) is 5.33. The van der Waals surface area contributed by atoms with Crippen molar-refractivity contribution in [1.82, 2.24) is 0 Å². The number of hydrogen-bond donors (Lipinski definition) is 0. The largest absolute Gasteiger partial charge is 0.249 e. The van der Waals surface area contributed by atoms with Gasteiger partial charge < -0.3 is 0 Å². The lowest BCUT2D eigenvalue weighted by Gasteiger charge is -2.29. The van der Waals surface area contributed by atoms with Crippen LogP contribution < -0.4 is 9.13 Å². The SMILES string of the molecule is C=C1C2C(CCc3ccccc3-c3cc(-c4ccc(F)cc4)cc[n+]31)c1ccccc1-c1cc(C)cc[n+]12. The van der Waals surface area contributed by atoms with Gasteiger partial charge in [-0.15, -0.1) is 0 Å². The highest BCUT2D eigenvalue weighted by atomic mass is 19.1. The summed E-state index contributed by atoms with van der Waals surface area (Å²) in [6, 6.07) is 33.3. The van der Waals surface area contributed by atoms with E-state index < -0.39 is 0 Å². The molecule has 0 bridgehead atoms. The van der Waals surface area contributed by atoms with Gasteiger partial charge in [0.25, 0.3) is 0 Å². The van der Waals surface area contributed by atoms with Crippen molar-refractivity contribution in [2.45, 2.75) is 31.7 Å². The number of fused-ring (bicyclic) bond motifs is 9. The van der Waals surface area contributed by atoms with E-state index in [1.807, 2.05) is 12.1 Å². The van der Waals surface area contributed by atoms with E-state index in [0.717, 1.165) is 35.4 Å². The van der Waals surface area contributed by atoms with Crippen LogP contribution in [0.3, 0.4) is 0 Å². The molecule has 0 spiro atoms. The molecular weight excluding hydrogens is 467 g/mol. The maximum Gasteiger partial charge on any atom is 0.249 e. The van der Waals surface area contributed by atoms with Crippen LogP contribution in [-0.2, 0) is 6.42 Å². The summed E-state index contributed by atoms with van der Waals surface area (Å²) in [5.74, 6) is 0.0707. The summed E-state index contributed by atoms with van der Waals surface area (Å²) < 4.78 is 18.4. The first-order chi connectivity index (χ1) is 18.6. The average Bonchev–Trinajstić information content (AvgIpc) is 3.00. The molecule has 3 heteroatoms. The summed E-state index contributed by atoms with van der Waals surface area (Å²) in [5, 5.41) is 0. The highest BCUT2D eigenvalue weighted by Gasteiger charge is 2.46. The Hall–Kier alpha value is -4.37. The first kappa shape index (κ1) is 22.8. The summed E-state index contributed by atoms with van der Waals surface area (Å²) in [5.41, 5.74) is 12.0. The molecule has 4 heterocycles. The van der Waals surface area contributed by atoms with Crippen molar-refractivity contribution in [1.29, 1.82) is 0 Å². The van der Waals surface area contributed by atoms with Crippen molar-refractivity contribution in [3.63, 3.8) is 0 Å². The smallest absolute Gasteiger partial charge is 0.207 e. The molecule has 38 heavy (non-hydrogen) atoms. The Morgan fingerprint density at radius 1 is 0.763 bits per heavy atom. The molecule has 2 atom stereocenters. The number of halogens is 1. The molecule has 184 valence electrons. The highest BCUT2D eigenvalue weighted by molar-refractivity contribution is 5.72. The number of allylic oxidation sites excluding steroid dienone is 1. The van der Waals surface area contributed by atoms with Gasteiger partial charge in [0.2, 0.25) is 23.1 Å². The van der Waals surface area contributed by atoms with Gasteiger partial charge in [-0.1, -0.05) is 48.5 Å². The molecule has 0 amide bonds. The molecule has 0 fully saturated rings. The molecule has 2 aliphatic heterocycles. The average molecular weight is 497 g/mol. The second-order valence-electron chi connectivity index (χ2n) is 10.5. The lowest BCUT2D eigenvalue weighted by molar-refractivity contribution is -0.727. The number of rotatable bonds is 1. The first-order valence-corrected chi connectivity index (χ1v) is 13.3. The molecule has 2 unspecified atom stereocenters.